The van der Waals surface area contributed by atoms with Gasteiger partial charge in [0.05, 0.1) is 16.9 Å². The molecule has 9 nitrogen and oxygen atoms in total. The van der Waals surface area contributed by atoms with Crippen LogP contribution in [0.15, 0.2) is 41.6 Å². The number of nitriles is 1. The van der Waals surface area contributed by atoms with E-state index in [0.717, 1.165) is 20.0 Å². The molecule has 1 fully saturated rings. The van der Waals surface area contributed by atoms with E-state index in [9.17, 15) is 31.5 Å². The van der Waals surface area contributed by atoms with E-state index in [-0.39, 0.29) is 36.6 Å². The van der Waals surface area contributed by atoms with Gasteiger partial charge in [0.15, 0.2) is 5.82 Å². The number of halogens is 3. The highest BCUT2D eigenvalue weighted by Crippen LogP contribution is 2.41. The molecule has 13 heteroatoms. The molecule has 1 aromatic carbocycles. The van der Waals surface area contributed by atoms with Crippen LogP contribution in [-0.2, 0) is 27.5 Å². The maximum absolute atomic E-state index is 13.7. The molecule has 0 saturated carbocycles. The Morgan fingerprint density at radius 2 is 1.84 bits per heavy atom. The van der Waals surface area contributed by atoms with Gasteiger partial charge in [-0.3, -0.25) is 4.79 Å². The highest BCUT2D eigenvalue weighted by atomic mass is 32.2. The maximum atomic E-state index is 13.7. The second kappa shape index (κ2) is 8.53. The number of aromatic nitrogens is 2. The fraction of sp³-hybridized carbons (Fsp3) is 0.421. The van der Waals surface area contributed by atoms with Crippen LogP contribution in [0.5, 0.6) is 0 Å². The van der Waals surface area contributed by atoms with Gasteiger partial charge in [-0.2, -0.15) is 22.7 Å². The normalized spacial score (nSPS) is 17.6. The number of imidazole rings is 1. The van der Waals surface area contributed by atoms with Crippen molar-refractivity contribution in [3.05, 3.63) is 48.0 Å². The van der Waals surface area contributed by atoms with Crippen molar-refractivity contribution in [2.75, 3.05) is 26.2 Å². The third-order valence-electron chi connectivity index (χ3n) is 5.28. The number of piperazine rings is 1. The molecule has 1 unspecified atom stereocenters. The molecule has 172 valence electrons. The summed E-state index contributed by atoms with van der Waals surface area (Å²) in [7, 11) is -2.75. The summed E-state index contributed by atoms with van der Waals surface area (Å²) in [5.41, 5.74) is -3.52. The number of hydrogen-bond donors (Lipinski definition) is 1. The van der Waals surface area contributed by atoms with Crippen LogP contribution in [0.3, 0.4) is 0 Å². The first-order chi connectivity index (χ1) is 14.9. The summed E-state index contributed by atoms with van der Waals surface area (Å²) < 4.78 is 68.8. The molecule has 1 aliphatic heterocycles. The number of amides is 1. The predicted octanol–water partition coefficient (Wildman–Crippen LogP) is 0.965. The van der Waals surface area contributed by atoms with Gasteiger partial charge in [0.2, 0.25) is 21.5 Å². The number of aliphatic hydroxyl groups is 1. The van der Waals surface area contributed by atoms with Crippen LogP contribution in [0, 0.1) is 11.3 Å². The Balaban J connectivity index is 1.74. The van der Waals surface area contributed by atoms with Crippen LogP contribution in [-0.4, -0.2) is 70.5 Å². The molecule has 1 aliphatic rings. The average Bonchev–Trinajstić information content (AvgIpc) is 3.19. The maximum Gasteiger partial charge on any atom is 0.425 e. The van der Waals surface area contributed by atoms with Gasteiger partial charge in [0, 0.05) is 45.6 Å². The van der Waals surface area contributed by atoms with Crippen LogP contribution in [0.1, 0.15) is 17.8 Å². The lowest BCUT2D eigenvalue weighted by molar-refractivity contribution is -0.272. The predicted molar refractivity (Wildman–Crippen MR) is 104 cm³/mol. The second-order valence-electron chi connectivity index (χ2n) is 7.29. The molecule has 0 aliphatic carbocycles. The zero-order valence-corrected chi connectivity index (χ0v) is 17.8. The van der Waals surface area contributed by atoms with Crippen LogP contribution < -0.4 is 0 Å². The summed E-state index contributed by atoms with van der Waals surface area (Å²) in [6, 6.07) is 7.47. The van der Waals surface area contributed by atoms with Gasteiger partial charge < -0.3 is 14.6 Å². The fourth-order valence-electron chi connectivity index (χ4n) is 3.50. The number of benzene rings is 1. The van der Waals surface area contributed by atoms with Gasteiger partial charge in [-0.1, -0.05) is 12.1 Å². The van der Waals surface area contributed by atoms with E-state index in [1.54, 1.807) is 0 Å². The number of aryl methyl sites for hydroxylation is 1. The van der Waals surface area contributed by atoms with Crippen molar-refractivity contribution in [1.82, 2.24) is 18.8 Å². The number of nitrogens with zero attached hydrogens (tertiary/aromatic N) is 5. The van der Waals surface area contributed by atoms with E-state index < -0.39 is 40.0 Å². The number of alkyl halides is 3. The quantitative estimate of drug-likeness (QED) is 0.694. The van der Waals surface area contributed by atoms with Gasteiger partial charge in [-0.25, -0.2) is 13.4 Å². The van der Waals surface area contributed by atoms with Crippen molar-refractivity contribution in [1.29, 1.82) is 5.26 Å². The molecule has 0 bridgehead atoms. The van der Waals surface area contributed by atoms with Crippen molar-refractivity contribution in [3.63, 3.8) is 0 Å². The first-order valence-corrected chi connectivity index (χ1v) is 10.9. The fourth-order valence-corrected chi connectivity index (χ4v) is 5.07. The lowest BCUT2D eigenvalue weighted by Crippen LogP contribution is -2.53. The van der Waals surface area contributed by atoms with Crippen molar-refractivity contribution in [2.24, 2.45) is 7.05 Å². The Hall–Kier alpha value is -2.95. The topological polar surface area (TPSA) is 120 Å². The van der Waals surface area contributed by atoms with Gasteiger partial charge in [0.1, 0.15) is 6.07 Å². The third kappa shape index (κ3) is 4.21. The zero-order chi connectivity index (χ0) is 23.7. The van der Waals surface area contributed by atoms with Crippen molar-refractivity contribution < 1.29 is 31.5 Å². The van der Waals surface area contributed by atoms with Crippen molar-refractivity contribution in [3.8, 4) is 6.07 Å². The Morgan fingerprint density at radius 1 is 1.22 bits per heavy atom. The van der Waals surface area contributed by atoms with E-state index in [2.05, 4.69) is 4.98 Å². The van der Waals surface area contributed by atoms with Gasteiger partial charge >= 0.3 is 6.18 Å². The van der Waals surface area contributed by atoms with Gasteiger partial charge in [0.25, 0.3) is 0 Å². The Bertz CT molecular complexity index is 1150. The summed E-state index contributed by atoms with van der Waals surface area (Å²) in [6.07, 6.45) is -4.14. The second-order valence-corrected chi connectivity index (χ2v) is 9.20. The van der Waals surface area contributed by atoms with Gasteiger partial charge in [-0.15, -0.1) is 0 Å². The van der Waals surface area contributed by atoms with E-state index in [1.807, 2.05) is 6.07 Å². The number of carbonyl (C=O) groups excluding carboxylic acids is 1. The number of rotatable bonds is 5. The lowest BCUT2D eigenvalue weighted by Gasteiger charge is -2.36. The van der Waals surface area contributed by atoms with Crippen molar-refractivity contribution in [2.45, 2.75) is 23.1 Å². The molecule has 2 heterocycles. The van der Waals surface area contributed by atoms with Crippen molar-refractivity contribution >= 4 is 15.9 Å². The highest BCUT2D eigenvalue weighted by Gasteiger charge is 2.59. The molecular weight excluding hydrogens is 451 g/mol. The smallest absolute Gasteiger partial charge is 0.374 e. The Labute approximate surface area is 182 Å². The van der Waals surface area contributed by atoms with Crippen LogP contribution in [0.25, 0.3) is 0 Å². The Kier molecular flexibility index (Phi) is 6.32. The van der Waals surface area contributed by atoms with E-state index in [0.29, 0.717) is 0 Å². The van der Waals surface area contributed by atoms with E-state index in [4.69, 9.17) is 5.26 Å². The molecule has 1 aromatic heterocycles. The number of hydrogen-bond acceptors (Lipinski definition) is 6. The first-order valence-electron chi connectivity index (χ1n) is 9.46. The standard InChI is InChI=1S/C19H20F3N5O4S/c1-25-7-6-24-17(25)18(29,19(20,21)22)12-16(28)26-8-10-27(11-9-26)32(30,31)15-5-3-2-4-14(15)13-23/h2-7,29H,8-12H2,1H3. The average molecular weight is 471 g/mol. The minimum absolute atomic E-state index is 0.0312. The molecule has 0 spiro atoms. The van der Waals surface area contributed by atoms with Crippen LogP contribution in [0.4, 0.5) is 13.2 Å². The summed E-state index contributed by atoms with van der Waals surface area (Å²) in [6.45, 7) is -0.663. The molecule has 32 heavy (non-hydrogen) atoms. The molecule has 1 atom stereocenters. The zero-order valence-electron chi connectivity index (χ0n) is 16.9. The lowest BCUT2D eigenvalue weighted by atomic mass is 9.96. The van der Waals surface area contributed by atoms with Crippen LogP contribution in [0.2, 0.25) is 0 Å². The molecule has 1 N–H and O–H groups in total. The molecule has 2 aromatic rings. The van der Waals surface area contributed by atoms with Crippen LogP contribution >= 0.6 is 0 Å². The van der Waals surface area contributed by atoms with E-state index >= 15 is 0 Å². The number of carbonyl (C=O) groups is 1. The number of sulfonamides is 1. The minimum atomic E-state index is -5.16. The molecule has 1 saturated heterocycles. The first kappa shape index (κ1) is 23.7. The summed E-state index contributed by atoms with van der Waals surface area (Å²) in [5, 5.41) is 19.5. The molecule has 0 radical (unpaired) electrons. The SMILES string of the molecule is Cn1ccnc1C(O)(CC(=O)N1CCN(S(=O)(=O)c2ccccc2C#N)CC1)C(F)(F)F. The summed E-state index contributed by atoms with van der Waals surface area (Å²) >= 11 is 0. The monoisotopic (exact) mass is 471 g/mol. The Morgan fingerprint density at radius 3 is 2.38 bits per heavy atom. The molecular formula is C19H20F3N5O4S. The highest BCUT2D eigenvalue weighted by molar-refractivity contribution is 7.89. The molecule has 1 amide bonds. The minimum Gasteiger partial charge on any atom is -0.374 e. The van der Waals surface area contributed by atoms with E-state index in [1.165, 1.54) is 37.5 Å². The third-order valence-corrected chi connectivity index (χ3v) is 7.24. The summed E-state index contributed by atoms with van der Waals surface area (Å²) in [5.74, 6) is -1.70. The largest absolute Gasteiger partial charge is 0.425 e. The van der Waals surface area contributed by atoms with Gasteiger partial charge in [-0.05, 0) is 12.1 Å². The summed E-state index contributed by atoms with van der Waals surface area (Å²) in [4.78, 5) is 17.1. The molecule has 3 rings (SSSR count).